The van der Waals surface area contributed by atoms with Crippen molar-refractivity contribution in [2.24, 2.45) is 0 Å². The van der Waals surface area contributed by atoms with Crippen molar-refractivity contribution >= 4 is 0 Å². The van der Waals surface area contributed by atoms with E-state index in [2.05, 4.69) is 17.4 Å². The van der Waals surface area contributed by atoms with Crippen LogP contribution in [0, 0.1) is 0 Å². The molecule has 2 aliphatic rings. The van der Waals surface area contributed by atoms with E-state index in [1.807, 2.05) is 12.1 Å². The second-order valence-electron chi connectivity index (χ2n) is 5.80. The van der Waals surface area contributed by atoms with Crippen molar-refractivity contribution < 1.29 is 9.47 Å². The zero-order chi connectivity index (χ0) is 13.1. The number of benzene rings is 1. The van der Waals surface area contributed by atoms with E-state index in [0.29, 0.717) is 6.04 Å². The lowest BCUT2D eigenvalue weighted by atomic mass is 9.74. The molecule has 1 unspecified atom stereocenters. The van der Waals surface area contributed by atoms with Crippen LogP contribution < -0.4 is 10.1 Å². The summed E-state index contributed by atoms with van der Waals surface area (Å²) in [5.74, 6) is 0.920. The van der Waals surface area contributed by atoms with E-state index in [4.69, 9.17) is 9.47 Å². The minimum Gasteiger partial charge on any atom is -0.497 e. The van der Waals surface area contributed by atoms with Crippen LogP contribution >= 0.6 is 0 Å². The van der Waals surface area contributed by atoms with Crippen LogP contribution in [0.5, 0.6) is 5.75 Å². The van der Waals surface area contributed by atoms with E-state index in [-0.39, 0.29) is 5.60 Å². The highest BCUT2D eigenvalue weighted by Crippen LogP contribution is 2.42. The molecule has 1 saturated heterocycles. The predicted molar refractivity (Wildman–Crippen MR) is 75.4 cm³/mol. The first-order valence-electron chi connectivity index (χ1n) is 7.30. The van der Waals surface area contributed by atoms with Crippen LogP contribution in [0.1, 0.15) is 37.7 Å². The molecule has 2 fully saturated rings. The molecular weight excluding hydrogens is 238 g/mol. The Labute approximate surface area is 115 Å². The van der Waals surface area contributed by atoms with Crippen molar-refractivity contribution in [3.8, 4) is 5.75 Å². The third-order valence-corrected chi connectivity index (χ3v) is 4.51. The number of methoxy groups -OCH3 is 1. The minimum absolute atomic E-state index is 0.232. The molecule has 1 aromatic carbocycles. The van der Waals surface area contributed by atoms with E-state index >= 15 is 0 Å². The highest BCUT2D eigenvalue weighted by molar-refractivity contribution is 5.27. The fraction of sp³-hybridized carbons (Fsp3) is 0.625. The summed E-state index contributed by atoms with van der Waals surface area (Å²) in [6.07, 6.45) is 6.17. The van der Waals surface area contributed by atoms with Gasteiger partial charge >= 0.3 is 0 Å². The topological polar surface area (TPSA) is 30.5 Å². The highest BCUT2D eigenvalue weighted by atomic mass is 16.5. The minimum atomic E-state index is 0.232. The SMILES string of the molecule is COc1ccc(CNC2CCOC3(CCC3)C2)cc1. The molecule has 104 valence electrons. The molecule has 1 aromatic rings. The van der Waals surface area contributed by atoms with Crippen LogP contribution in [0.4, 0.5) is 0 Å². The lowest BCUT2D eigenvalue weighted by Gasteiger charge is -2.47. The van der Waals surface area contributed by atoms with Gasteiger partial charge in [-0.3, -0.25) is 0 Å². The zero-order valence-corrected chi connectivity index (χ0v) is 11.7. The van der Waals surface area contributed by atoms with Crippen molar-refractivity contribution in [2.45, 2.75) is 50.3 Å². The quantitative estimate of drug-likeness (QED) is 0.904. The third-order valence-electron chi connectivity index (χ3n) is 4.51. The Balaban J connectivity index is 1.50. The van der Waals surface area contributed by atoms with Gasteiger partial charge in [-0.05, 0) is 49.8 Å². The molecule has 0 radical (unpaired) electrons. The largest absolute Gasteiger partial charge is 0.497 e. The maximum atomic E-state index is 5.96. The Kier molecular flexibility index (Phi) is 3.76. The summed E-state index contributed by atoms with van der Waals surface area (Å²) in [6, 6.07) is 8.91. The van der Waals surface area contributed by atoms with Gasteiger partial charge in [0.2, 0.25) is 0 Å². The molecule has 1 saturated carbocycles. The molecule has 1 N–H and O–H groups in total. The molecule has 1 aliphatic heterocycles. The summed E-state index contributed by atoms with van der Waals surface area (Å²) in [6.45, 7) is 1.85. The van der Waals surface area contributed by atoms with Gasteiger partial charge in [0.15, 0.2) is 0 Å². The van der Waals surface area contributed by atoms with Gasteiger partial charge in [-0.15, -0.1) is 0 Å². The summed E-state index contributed by atoms with van der Waals surface area (Å²) in [7, 11) is 1.70. The van der Waals surface area contributed by atoms with Crippen LogP contribution in [0.3, 0.4) is 0 Å². The van der Waals surface area contributed by atoms with Crippen molar-refractivity contribution in [2.75, 3.05) is 13.7 Å². The lowest BCUT2D eigenvalue weighted by molar-refractivity contribution is -0.135. The Morgan fingerprint density at radius 3 is 2.74 bits per heavy atom. The fourth-order valence-corrected chi connectivity index (χ4v) is 3.13. The number of hydrogen-bond donors (Lipinski definition) is 1. The van der Waals surface area contributed by atoms with Crippen LogP contribution in [-0.2, 0) is 11.3 Å². The Morgan fingerprint density at radius 1 is 1.32 bits per heavy atom. The average Bonchev–Trinajstić information content (AvgIpc) is 2.44. The van der Waals surface area contributed by atoms with Gasteiger partial charge in [0.25, 0.3) is 0 Å². The van der Waals surface area contributed by atoms with E-state index in [9.17, 15) is 0 Å². The first-order chi connectivity index (χ1) is 9.30. The van der Waals surface area contributed by atoms with Gasteiger partial charge in [-0.25, -0.2) is 0 Å². The molecule has 1 heterocycles. The standard InChI is InChI=1S/C16H23NO2/c1-18-15-5-3-13(4-6-15)12-17-14-7-10-19-16(11-14)8-2-9-16/h3-6,14,17H,2,7-12H2,1H3. The summed E-state index contributed by atoms with van der Waals surface area (Å²) in [5.41, 5.74) is 1.55. The molecule has 3 rings (SSSR count). The van der Waals surface area contributed by atoms with E-state index < -0.39 is 0 Å². The number of rotatable bonds is 4. The average molecular weight is 261 g/mol. The Hall–Kier alpha value is -1.06. The van der Waals surface area contributed by atoms with Gasteiger partial charge in [0.1, 0.15) is 5.75 Å². The summed E-state index contributed by atoms with van der Waals surface area (Å²) < 4.78 is 11.1. The smallest absolute Gasteiger partial charge is 0.118 e. The second-order valence-corrected chi connectivity index (χ2v) is 5.80. The number of ether oxygens (including phenoxy) is 2. The normalized spacial score (nSPS) is 25.0. The molecule has 0 bridgehead atoms. The van der Waals surface area contributed by atoms with Gasteiger partial charge in [-0.2, -0.15) is 0 Å². The highest BCUT2D eigenvalue weighted by Gasteiger charge is 2.42. The Morgan fingerprint density at radius 2 is 2.11 bits per heavy atom. The number of nitrogens with one attached hydrogen (secondary N) is 1. The fourth-order valence-electron chi connectivity index (χ4n) is 3.13. The van der Waals surface area contributed by atoms with Gasteiger partial charge in [0.05, 0.1) is 12.7 Å². The van der Waals surface area contributed by atoms with Crippen LogP contribution in [-0.4, -0.2) is 25.4 Å². The summed E-state index contributed by atoms with van der Waals surface area (Å²) >= 11 is 0. The van der Waals surface area contributed by atoms with Gasteiger partial charge in [-0.1, -0.05) is 12.1 Å². The molecule has 1 aliphatic carbocycles. The maximum Gasteiger partial charge on any atom is 0.118 e. The molecule has 0 aromatic heterocycles. The van der Waals surface area contributed by atoms with E-state index in [1.54, 1.807) is 7.11 Å². The maximum absolute atomic E-state index is 5.96. The van der Waals surface area contributed by atoms with Crippen molar-refractivity contribution in [1.29, 1.82) is 0 Å². The molecule has 0 amide bonds. The molecule has 3 nitrogen and oxygen atoms in total. The molecule has 3 heteroatoms. The second kappa shape index (κ2) is 5.51. The lowest BCUT2D eigenvalue weighted by Crippen LogP contribution is -2.50. The van der Waals surface area contributed by atoms with Crippen molar-refractivity contribution in [3.63, 3.8) is 0 Å². The molecular formula is C16H23NO2. The molecule has 1 spiro atoms. The van der Waals surface area contributed by atoms with Crippen molar-refractivity contribution in [3.05, 3.63) is 29.8 Å². The Bertz CT molecular complexity index is 411. The summed E-state index contributed by atoms with van der Waals surface area (Å²) in [4.78, 5) is 0. The van der Waals surface area contributed by atoms with Crippen LogP contribution in [0.2, 0.25) is 0 Å². The van der Waals surface area contributed by atoms with E-state index in [1.165, 1.54) is 31.2 Å². The monoisotopic (exact) mass is 261 g/mol. The predicted octanol–water partition coefficient (Wildman–Crippen LogP) is 2.89. The number of hydrogen-bond acceptors (Lipinski definition) is 3. The third kappa shape index (κ3) is 2.93. The van der Waals surface area contributed by atoms with Gasteiger partial charge < -0.3 is 14.8 Å². The van der Waals surface area contributed by atoms with Crippen molar-refractivity contribution in [1.82, 2.24) is 5.32 Å². The summed E-state index contributed by atoms with van der Waals surface area (Å²) in [5, 5.41) is 3.68. The van der Waals surface area contributed by atoms with E-state index in [0.717, 1.165) is 25.3 Å². The first-order valence-corrected chi connectivity index (χ1v) is 7.30. The van der Waals surface area contributed by atoms with Crippen LogP contribution in [0.15, 0.2) is 24.3 Å². The first kappa shape index (κ1) is 12.9. The molecule has 1 atom stereocenters. The molecule has 19 heavy (non-hydrogen) atoms. The van der Waals surface area contributed by atoms with Gasteiger partial charge in [0, 0.05) is 19.2 Å². The van der Waals surface area contributed by atoms with Crippen LogP contribution in [0.25, 0.3) is 0 Å². The zero-order valence-electron chi connectivity index (χ0n) is 11.7.